The molecule has 2 heterocycles. The summed E-state index contributed by atoms with van der Waals surface area (Å²) < 4.78 is 0. The van der Waals surface area contributed by atoms with Crippen LogP contribution in [0.4, 0.5) is 17.1 Å². The van der Waals surface area contributed by atoms with Crippen LogP contribution in [0.3, 0.4) is 0 Å². The first-order valence-corrected chi connectivity index (χ1v) is 24.8. The number of nitrogens with zero attached hydrogens (tertiary/aromatic N) is 1. The summed E-state index contributed by atoms with van der Waals surface area (Å²) in [5.41, 5.74) is 14.2. The van der Waals surface area contributed by atoms with Crippen LogP contribution in [0, 0.1) is 0 Å². The van der Waals surface area contributed by atoms with E-state index in [9.17, 15) is 0 Å². The number of benzene rings is 8. The molecule has 3 heteroatoms. The highest BCUT2D eigenvalue weighted by Gasteiger charge is 2.41. The Morgan fingerprint density at radius 2 is 0.906 bits per heavy atom. The Hall–Kier alpha value is -5.75. The molecule has 0 N–H and O–H groups in total. The van der Waals surface area contributed by atoms with Crippen LogP contribution in [0.25, 0.3) is 55.3 Å². The summed E-state index contributed by atoms with van der Waals surface area (Å²) in [6.07, 6.45) is 0. The minimum absolute atomic E-state index is 1.17. The molecule has 2 aliphatic heterocycles. The molecule has 0 radical (unpaired) electrons. The molecule has 1 nitrogen and oxygen atoms in total. The highest BCUT2D eigenvalue weighted by Crippen LogP contribution is 2.41. The number of rotatable bonds is 5. The van der Waals surface area contributed by atoms with E-state index in [0.29, 0.717) is 0 Å². The molecule has 10 rings (SSSR count). The van der Waals surface area contributed by atoms with E-state index in [4.69, 9.17) is 0 Å². The molecule has 0 bridgehead atoms. The lowest BCUT2D eigenvalue weighted by molar-refractivity contribution is 1.29. The Morgan fingerprint density at radius 3 is 1.70 bits per heavy atom. The minimum Gasteiger partial charge on any atom is -0.311 e. The van der Waals surface area contributed by atoms with Crippen LogP contribution in [0.15, 0.2) is 176 Å². The smallest absolute Gasteiger partial charge is 0.116 e. The third kappa shape index (κ3) is 4.95. The van der Waals surface area contributed by atoms with E-state index in [-0.39, 0.29) is 0 Å². The zero-order chi connectivity index (χ0) is 35.9. The number of fused-ring (bicyclic) bond motifs is 7. The van der Waals surface area contributed by atoms with Gasteiger partial charge in [-0.15, -0.1) is 0 Å². The molecule has 0 aliphatic carbocycles. The lowest BCUT2D eigenvalue weighted by atomic mass is 9.99. The van der Waals surface area contributed by atoms with E-state index in [1.54, 1.807) is 10.4 Å². The molecule has 0 fully saturated rings. The first-order chi connectivity index (χ1) is 25.8. The molecular formula is C50H41NSi2. The standard InChI is InChI=1S/C50H41NSi2/c1-52(2)47-21-9-7-17-42(47)44-30-27-39(33-49(44)52)35-25-28-40(29-26-35)51(46-20-12-19-45-43-18-8-10-22-48(43)53(3,4)50(45)46)41-16-11-15-37(32-41)38-24-23-34-13-5-6-14-36(34)31-38/h5-33H,1-4H3. The van der Waals surface area contributed by atoms with Crippen LogP contribution >= 0.6 is 0 Å². The largest absolute Gasteiger partial charge is 0.311 e. The van der Waals surface area contributed by atoms with Gasteiger partial charge in [-0.25, -0.2) is 0 Å². The Bertz CT molecular complexity index is 2740. The fourth-order valence-electron chi connectivity index (χ4n) is 9.31. The van der Waals surface area contributed by atoms with Gasteiger partial charge in [0.2, 0.25) is 0 Å². The summed E-state index contributed by atoms with van der Waals surface area (Å²) in [5, 5.41) is 8.64. The van der Waals surface area contributed by atoms with Crippen molar-refractivity contribution in [3.05, 3.63) is 176 Å². The average molecular weight is 712 g/mol. The van der Waals surface area contributed by atoms with Gasteiger partial charge in [0.05, 0.1) is 0 Å². The molecule has 0 saturated heterocycles. The van der Waals surface area contributed by atoms with E-state index in [1.165, 1.54) is 82.7 Å². The normalized spacial score (nSPS) is 14.3. The van der Waals surface area contributed by atoms with Gasteiger partial charge >= 0.3 is 0 Å². The van der Waals surface area contributed by atoms with Crippen LogP contribution in [0.2, 0.25) is 26.2 Å². The van der Waals surface area contributed by atoms with Crippen molar-refractivity contribution in [1.82, 2.24) is 0 Å². The van der Waals surface area contributed by atoms with E-state index < -0.39 is 16.1 Å². The molecule has 0 amide bonds. The highest BCUT2D eigenvalue weighted by molar-refractivity contribution is 7.05. The zero-order valence-electron chi connectivity index (χ0n) is 30.7. The van der Waals surface area contributed by atoms with Crippen LogP contribution < -0.4 is 25.6 Å². The topological polar surface area (TPSA) is 3.24 Å². The maximum Gasteiger partial charge on any atom is 0.116 e. The van der Waals surface area contributed by atoms with E-state index >= 15 is 0 Å². The molecule has 8 aromatic carbocycles. The van der Waals surface area contributed by atoms with E-state index in [1.807, 2.05) is 0 Å². The van der Waals surface area contributed by atoms with Crippen molar-refractivity contribution >= 4 is 64.7 Å². The van der Waals surface area contributed by atoms with Gasteiger partial charge in [-0.1, -0.05) is 166 Å². The Balaban J connectivity index is 1.11. The second-order valence-electron chi connectivity index (χ2n) is 15.8. The zero-order valence-corrected chi connectivity index (χ0v) is 32.7. The van der Waals surface area contributed by atoms with Crippen molar-refractivity contribution in [2.45, 2.75) is 26.2 Å². The van der Waals surface area contributed by atoms with Gasteiger partial charge in [-0.05, 0) is 112 Å². The Kier molecular flexibility index (Phi) is 7.17. The van der Waals surface area contributed by atoms with Crippen molar-refractivity contribution in [3.8, 4) is 44.5 Å². The summed E-state index contributed by atoms with van der Waals surface area (Å²) in [6, 6.07) is 66.1. The number of hydrogen-bond donors (Lipinski definition) is 0. The molecule has 8 aromatic rings. The number of anilines is 3. The lowest BCUT2D eigenvalue weighted by Gasteiger charge is -2.31. The number of hydrogen-bond acceptors (Lipinski definition) is 1. The molecule has 2 aliphatic rings. The molecule has 0 unspecified atom stereocenters. The van der Waals surface area contributed by atoms with Crippen molar-refractivity contribution in [2.75, 3.05) is 4.90 Å². The quantitative estimate of drug-likeness (QED) is 0.161. The predicted octanol–water partition coefficient (Wildman–Crippen LogP) is 11.2. The first-order valence-electron chi connectivity index (χ1n) is 18.8. The van der Waals surface area contributed by atoms with Gasteiger partial charge in [0, 0.05) is 17.1 Å². The third-order valence-electron chi connectivity index (χ3n) is 12.0. The maximum absolute atomic E-state index is 2.52. The van der Waals surface area contributed by atoms with Gasteiger partial charge in [-0.3, -0.25) is 0 Å². The summed E-state index contributed by atoms with van der Waals surface area (Å²) in [7, 11) is -3.78. The SMILES string of the molecule is C[Si]1(C)c2ccccc2-c2ccc(-c3ccc(N(c4cccc(-c5ccc6ccccc6c5)c4)c4cccc5c4[Si](C)(C)c4ccccc4-5)cc3)cc21. The third-order valence-corrected chi connectivity index (χ3v) is 19.1. The van der Waals surface area contributed by atoms with Crippen molar-refractivity contribution in [2.24, 2.45) is 0 Å². The van der Waals surface area contributed by atoms with Gasteiger partial charge in [0.15, 0.2) is 0 Å². The average Bonchev–Trinajstić information content (AvgIpc) is 3.58. The molecule has 0 spiro atoms. The van der Waals surface area contributed by atoms with E-state index in [0.717, 1.165) is 0 Å². The van der Waals surface area contributed by atoms with Gasteiger partial charge in [-0.2, -0.15) is 0 Å². The fourth-order valence-corrected chi connectivity index (χ4v) is 15.8. The lowest BCUT2D eigenvalue weighted by Crippen LogP contribution is -2.50. The minimum atomic E-state index is -2.01. The molecule has 254 valence electrons. The van der Waals surface area contributed by atoms with Crippen molar-refractivity contribution in [3.63, 3.8) is 0 Å². The fraction of sp³-hybridized carbons (Fsp3) is 0.0800. The van der Waals surface area contributed by atoms with Crippen LogP contribution in [-0.4, -0.2) is 16.1 Å². The first kappa shape index (κ1) is 31.9. The van der Waals surface area contributed by atoms with E-state index in [2.05, 4.69) is 207 Å². The maximum atomic E-state index is 2.52. The Labute approximate surface area is 314 Å². The highest BCUT2D eigenvalue weighted by atomic mass is 28.3. The second-order valence-corrected chi connectivity index (χ2v) is 24.4. The molecule has 0 atom stereocenters. The summed E-state index contributed by atoms with van der Waals surface area (Å²) in [6.45, 7) is 10.0. The molecule has 0 aromatic heterocycles. The van der Waals surface area contributed by atoms with Gasteiger partial charge < -0.3 is 4.90 Å². The summed E-state index contributed by atoms with van der Waals surface area (Å²) in [4.78, 5) is 2.52. The van der Waals surface area contributed by atoms with Crippen molar-refractivity contribution in [1.29, 1.82) is 0 Å². The van der Waals surface area contributed by atoms with Crippen LogP contribution in [0.1, 0.15) is 0 Å². The Morgan fingerprint density at radius 1 is 0.340 bits per heavy atom. The predicted molar refractivity (Wildman–Crippen MR) is 234 cm³/mol. The van der Waals surface area contributed by atoms with Crippen molar-refractivity contribution < 1.29 is 0 Å². The van der Waals surface area contributed by atoms with Crippen LogP contribution in [0.5, 0.6) is 0 Å². The molecule has 0 saturated carbocycles. The summed E-state index contributed by atoms with van der Waals surface area (Å²) >= 11 is 0. The summed E-state index contributed by atoms with van der Waals surface area (Å²) in [5.74, 6) is 0. The van der Waals surface area contributed by atoms with Gasteiger partial charge in [0.25, 0.3) is 0 Å². The molecule has 53 heavy (non-hydrogen) atoms. The van der Waals surface area contributed by atoms with Gasteiger partial charge in [0.1, 0.15) is 16.1 Å². The monoisotopic (exact) mass is 711 g/mol. The van der Waals surface area contributed by atoms with Crippen LogP contribution in [-0.2, 0) is 0 Å². The molecular weight excluding hydrogens is 671 g/mol. The second kappa shape index (κ2) is 11.9.